The molecule has 4 aromatic rings. The Morgan fingerprint density at radius 2 is 1.08 bits per heavy atom. The van der Waals surface area contributed by atoms with Crippen molar-refractivity contribution in [2.24, 2.45) is 0 Å². The molecule has 0 fully saturated rings. The lowest BCUT2D eigenvalue weighted by Gasteiger charge is -2.24. The lowest BCUT2D eigenvalue weighted by atomic mass is 9.82. The van der Waals surface area contributed by atoms with E-state index in [9.17, 15) is 39.0 Å². The van der Waals surface area contributed by atoms with Crippen LogP contribution in [0.5, 0.6) is 23.0 Å². The van der Waals surface area contributed by atoms with Crippen LogP contribution in [0.15, 0.2) is 72.2 Å². The highest BCUT2D eigenvalue weighted by Gasteiger charge is 2.41. The molecular formula is C40H30O13. The summed E-state index contributed by atoms with van der Waals surface area (Å²) >= 11 is 0. The Hall–Kier alpha value is -7.02. The van der Waals surface area contributed by atoms with Gasteiger partial charge in [0.25, 0.3) is 0 Å². The Bertz CT molecular complexity index is 2410. The topological polar surface area (TPSA) is 189 Å². The quantitative estimate of drug-likeness (QED) is 0.164. The van der Waals surface area contributed by atoms with Crippen molar-refractivity contribution in [2.75, 3.05) is 28.4 Å². The molecule has 0 aromatic heterocycles. The number of Topliss-reactive ketones (excluding diaryl/α,β-unsaturated/α-hetero) is 4. The molecule has 53 heavy (non-hydrogen) atoms. The molecule has 2 aliphatic rings. The number of aliphatic hydroxyl groups is 1. The first-order valence-electron chi connectivity index (χ1n) is 15.8. The Balaban J connectivity index is 1.50. The van der Waals surface area contributed by atoms with Crippen LogP contribution in [0.1, 0.15) is 84.4 Å². The van der Waals surface area contributed by atoms with Gasteiger partial charge in [0, 0.05) is 22.3 Å². The lowest BCUT2D eigenvalue weighted by molar-refractivity contribution is 0.0598. The van der Waals surface area contributed by atoms with E-state index in [2.05, 4.69) is 0 Å². The Labute approximate surface area is 301 Å². The van der Waals surface area contributed by atoms with Gasteiger partial charge in [-0.05, 0) is 61.4 Å². The third-order valence-corrected chi connectivity index (χ3v) is 8.82. The predicted octanol–water partition coefficient (Wildman–Crippen LogP) is 5.82. The zero-order valence-corrected chi connectivity index (χ0v) is 29.2. The molecule has 0 saturated heterocycles. The molecule has 0 amide bonds. The molecule has 0 heterocycles. The fraction of sp³-hybridized carbons (Fsp3) is 0.150. The maximum atomic E-state index is 14.3. The van der Waals surface area contributed by atoms with Gasteiger partial charge in [-0.25, -0.2) is 9.59 Å². The van der Waals surface area contributed by atoms with Crippen LogP contribution in [0.2, 0.25) is 0 Å². The molecule has 0 aliphatic heterocycles. The number of carbonyl (C=O) groups excluding carboxylic acids is 6. The number of aliphatic hydroxyl groups excluding tert-OH is 1. The molecule has 0 radical (unpaired) electrons. The number of hydrogen-bond acceptors (Lipinski definition) is 13. The van der Waals surface area contributed by atoms with Gasteiger partial charge >= 0.3 is 11.9 Å². The summed E-state index contributed by atoms with van der Waals surface area (Å²) in [6.45, 7) is 3.32. The number of ketones is 4. The van der Waals surface area contributed by atoms with Gasteiger partial charge in [-0.15, -0.1) is 0 Å². The lowest BCUT2D eigenvalue weighted by Crippen LogP contribution is -2.26. The van der Waals surface area contributed by atoms with E-state index in [1.807, 2.05) is 0 Å². The van der Waals surface area contributed by atoms with Gasteiger partial charge in [-0.1, -0.05) is 24.3 Å². The largest absolute Gasteiger partial charge is 0.507 e. The van der Waals surface area contributed by atoms with Crippen molar-refractivity contribution in [1.29, 1.82) is 0 Å². The SMILES string of the molecule is COC(=O)c1cc(C)cc(OC)c1C1=C(OC)C(=O)c2c(OC(=O)c3cc(C)cc(OC)c3C3=C(O)C(=O)c4c(O)cccc4C3=O)cccc2C1=O. The number of ether oxygens (including phenoxy) is 5. The summed E-state index contributed by atoms with van der Waals surface area (Å²) in [4.78, 5) is 82.7. The summed E-state index contributed by atoms with van der Waals surface area (Å²) in [7, 11) is 4.90. The minimum atomic E-state index is -1.15. The number of methoxy groups -OCH3 is 4. The van der Waals surface area contributed by atoms with Crippen LogP contribution in [0, 0.1) is 13.8 Å². The van der Waals surface area contributed by atoms with Crippen LogP contribution in [0.3, 0.4) is 0 Å². The van der Waals surface area contributed by atoms with Gasteiger partial charge in [-0.2, -0.15) is 0 Å². The van der Waals surface area contributed by atoms with Crippen molar-refractivity contribution >= 4 is 46.2 Å². The van der Waals surface area contributed by atoms with E-state index in [1.165, 1.54) is 68.8 Å². The van der Waals surface area contributed by atoms with Gasteiger partial charge in [0.05, 0.1) is 61.8 Å². The van der Waals surface area contributed by atoms with Crippen LogP contribution < -0.4 is 14.2 Å². The standard InChI is InChI=1S/C40H30O13/c1-17-13-21(39(47)52-6)29(26(16-17)50-4)32-34(43)20-10-8-12-24(30(20)37(46)38(32)51-5)53-40(48)22-14-18(2)15-25(49-3)28(22)31-33(42)19-9-7-11-23(41)27(19)35(44)36(31)45/h7-16,41,45H,1-6H3. The first-order valence-corrected chi connectivity index (χ1v) is 15.8. The highest BCUT2D eigenvalue weighted by Crippen LogP contribution is 2.44. The van der Waals surface area contributed by atoms with Crippen molar-refractivity contribution in [3.05, 3.63) is 128 Å². The molecule has 0 spiro atoms. The number of allylic oxidation sites excluding steroid dienone is 4. The molecule has 2 N–H and O–H groups in total. The summed E-state index contributed by atoms with van der Waals surface area (Å²) in [5, 5.41) is 21.4. The van der Waals surface area contributed by atoms with Gasteiger partial charge in [0.1, 0.15) is 23.0 Å². The maximum Gasteiger partial charge on any atom is 0.344 e. The molecule has 6 rings (SSSR count). The van der Waals surface area contributed by atoms with Crippen LogP contribution >= 0.6 is 0 Å². The summed E-state index contributed by atoms with van der Waals surface area (Å²) in [6, 6.07) is 13.6. The van der Waals surface area contributed by atoms with E-state index in [4.69, 9.17) is 23.7 Å². The van der Waals surface area contributed by atoms with Gasteiger partial charge in [0.15, 0.2) is 23.1 Å². The molecule has 268 valence electrons. The van der Waals surface area contributed by atoms with Crippen molar-refractivity contribution < 1.29 is 62.7 Å². The second-order valence-corrected chi connectivity index (χ2v) is 12.0. The number of phenolic OH excluding ortho intramolecular Hbond substituents is 1. The fourth-order valence-corrected chi connectivity index (χ4v) is 6.53. The Morgan fingerprint density at radius 1 is 0.547 bits per heavy atom. The average Bonchev–Trinajstić information content (AvgIpc) is 3.14. The second kappa shape index (κ2) is 13.6. The molecule has 0 saturated carbocycles. The van der Waals surface area contributed by atoms with E-state index in [0.717, 1.165) is 14.2 Å². The van der Waals surface area contributed by atoms with Crippen molar-refractivity contribution in [1.82, 2.24) is 0 Å². The summed E-state index contributed by atoms with van der Waals surface area (Å²) in [6.07, 6.45) is 0. The molecule has 13 nitrogen and oxygen atoms in total. The van der Waals surface area contributed by atoms with Crippen LogP contribution in [0.4, 0.5) is 0 Å². The summed E-state index contributed by atoms with van der Waals surface area (Å²) in [5.41, 5.74) is -1.70. The normalized spacial score (nSPS) is 13.8. The van der Waals surface area contributed by atoms with Crippen LogP contribution in [-0.2, 0) is 9.47 Å². The third kappa shape index (κ3) is 5.68. The highest BCUT2D eigenvalue weighted by atomic mass is 16.5. The number of phenols is 1. The van der Waals surface area contributed by atoms with E-state index in [1.54, 1.807) is 19.9 Å². The van der Waals surface area contributed by atoms with Gasteiger partial charge in [0.2, 0.25) is 11.6 Å². The molecule has 0 atom stereocenters. The van der Waals surface area contributed by atoms with E-state index >= 15 is 0 Å². The summed E-state index contributed by atoms with van der Waals surface area (Å²) in [5.74, 6) is -7.93. The average molecular weight is 719 g/mol. The minimum Gasteiger partial charge on any atom is -0.507 e. The third-order valence-electron chi connectivity index (χ3n) is 8.82. The van der Waals surface area contributed by atoms with E-state index < -0.39 is 63.5 Å². The smallest absolute Gasteiger partial charge is 0.344 e. The van der Waals surface area contributed by atoms with Gasteiger partial charge < -0.3 is 33.9 Å². The Kier molecular flexibility index (Phi) is 9.19. The zero-order chi connectivity index (χ0) is 38.5. The number of rotatable bonds is 8. The number of esters is 2. The van der Waals surface area contributed by atoms with Crippen molar-refractivity contribution in [2.45, 2.75) is 13.8 Å². The summed E-state index contributed by atoms with van der Waals surface area (Å²) < 4.78 is 27.2. The number of carbonyl (C=O) groups is 6. The van der Waals surface area contributed by atoms with Crippen LogP contribution in [0.25, 0.3) is 11.1 Å². The van der Waals surface area contributed by atoms with Crippen molar-refractivity contribution in [3.63, 3.8) is 0 Å². The molecular weight excluding hydrogens is 688 g/mol. The molecule has 2 aliphatic carbocycles. The first-order chi connectivity index (χ1) is 25.3. The van der Waals surface area contributed by atoms with Crippen LogP contribution in [-0.4, -0.2) is 73.7 Å². The first kappa shape index (κ1) is 35.8. The molecule has 0 unspecified atom stereocenters. The zero-order valence-electron chi connectivity index (χ0n) is 29.2. The number of fused-ring (bicyclic) bond motifs is 2. The highest BCUT2D eigenvalue weighted by molar-refractivity contribution is 6.42. The number of benzene rings is 4. The molecule has 0 bridgehead atoms. The molecule has 13 heteroatoms. The van der Waals surface area contributed by atoms with E-state index in [0.29, 0.717) is 11.1 Å². The number of hydrogen-bond donors (Lipinski definition) is 2. The molecule has 4 aromatic carbocycles. The second-order valence-electron chi connectivity index (χ2n) is 12.0. The number of aryl methyl sites for hydroxylation is 2. The Morgan fingerprint density at radius 3 is 1.64 bits per heavy atom. The van der Waals surface area contributed by atoms with Gasteiger partial charge in [-0.3, -0.25) is 19.2 Å². The fourth-order valence-electron chi connectivity index (χ4n) is 6.53. The van der Waals surface area contributed by atoms with E-state index in [-0.39, 0.29) is 61.8 Å². The minimum absolute atomic E-state index is 0.0423. The monoisotopic (exact) mass is 718 g/mol. The van der Waals surface area contributed by atoms with Crippen molar-refractivity contribution in [3.8, 4) is 23.0 Å². The maximum absolute atomic E-state index is 14.3. The predicted molar refractivity (Wildman–Crippen MR) is 187 cm³/mol. The number of aromatic hydroxyl groups is 1.